The predicted octanol–water partition coefficient (Wildman–Crippen LogP) is 3.08. The number of nitrogens with one attached hydrogen (secondary N) is 2. The summed E-state index contributed by atoms with van der Waals surface area (Å²) >= 11 is 0. The number of amides is 3. The molecule has 2 aromatic carbocycles. The minimum atomic E-state index is -0.425. The van der Waals surface area contributed by atoms with Crippen molar-refractivity contribution in [3.63, 3.8) is 0 Å². The molecule has 9 nitrogen and oxygen atoms in total. The molecule has 180 valence electrons. The molecule has 1 saturated heterocycles. The second-order valence-electron chi connectivity index (χ2n) is 8.34. The van der Waals surface area contributed by atoms with Crippen LogP contribution in [0.25, 0.3) is 0 Å². The number of hydrogen-bond acceptors (Lipinski definition) is 6. The first-order chi connectivity index (χ1) is 16.9. The van der Waals surface area contributed by atoms with E-state index in [4.69, 9.17) is 4.74 Å². The number of aromatic nitrogens is 2. The molecule has 0 aliphatic carbocycles. The van der Waals surface area contributed by atoms with E-state index in [1.807, 2.05) is 31.2 Å². The Morgan fingerprint density at radius 1 is 0.886 bits per heavy atom. The number of likely N-dealkylation sites (tertiary alicyclic amines) is 1. The van der Waals surface area contributed by atoms with E-state index in [9.17, 15) is 14.4 Å². The normalized spacial score (nSPS) is 13.7. The molecule has 3 aromatic rings. The Kier molecular flexibility index (Phi) is 7.35. The smallest absolute Gasteiger partial charge is 0.273 e. The van der Waals surface area contributed by atoms with Crippen LogP contribution < -0.4 is 15.4 Å². The monoisotopic (exact) mass is 473 g/mol. The molecule has 0 saturated carbocycles. The highest BCUT2D eigenvalue weighted by Crippen LogP contribution is 2.17. The van der Waals surface area contributed by atoms with Crippen molar-refractivity contribution < 1.29 is 19.1 Å². The molecule has 0 bridgehead atoms. The lowest BCUT2D eigenvalue weighted by atomic mass is 10.0. The fourth-order valence-electron chi connectivity index (χ4n) is 3.88. The standard InChI is InChI=1S/C26H27N5O4/c1-17-3-5-19(6-4-17)26(34)31-15-11-20(12-16-31)29-25(33)22-23(28-14-13-27-22)30-24(32)18-7-9-21(35-2)10-8-18/h3-10,13-14,20H,11-12,15-16H2,1-2H3,(H,29,33)(H,28,30,32). The summed E-state index contributed by atoms with van der Waals surface area (Å²) in [6.07, 6.45) is 4.06. The zero-order valence-electron chi connectivity index (χ0n) is 19.7. The third-order valence-electron chi connectivity index (χ3n) is 5.91. The molecule has 1 aromatic heterocycles. The highest BCUT2D eigenvalue weighted by Gasteiger charge is 2.26. The minimum Gasteiger partial charge on any atom is -0.497 e. The number of aryl methyl sites for hydroxylation is 1. The molecule has 3 amide bonds. The average molecular weight is 474 g/mol. The van der Waals surface area contributed by atoms with Crippen molar-refractivity contribution >= 4 is 23.5 Å². The van der Waals surface area contributed by atoms with Gasteiger partial charge in [-0.05, 0) is 56.2 Å². The number of anilines is 1. The van der Waals surface area contributed by atoms with Gasteiger partial charge in [0, 0.05) is 42.7 Å². The summed E-state index contributed by atoms with van der Waals surface area (Å²) in [5.74, 6) is -0.130. The van der Waals surface area contributed by atoms with Crippen molar-refractivity contribution in [2.24, 2.45) is 0 Å². The molecule has 0 unspecified atom stereocenters. The van der Waals surface area contributed by atoms with E-state index in [0.29, 0.717) is 42.8 Å². The SMILES string of the molecule is COc1ccc(C(=O)Nc2nccnc2C(=O)NC2CCN(C(=O)c3ccc(C)cc3)CC2)cc1. The second kappa shape index (κ2) is 10.8. The summed E-state index contributed by atoms with van der Waals surface area (Å²) in [5.41, 5.74) is 2.20. The molecule has 1 aliphatic heterocycles. The summed E-state index contributed by atoms with van der Waals surface area (Å²) < 4.78 is 5.11. The van der Waals surface area contributed by atoms with Gasteiger partial charge in [0.15, 0.2) is 11.5 Å². The summed E-state index contributed by atoms with van der Waals surface area (Å²) in [6, 6.07) is 14.0. The second-order valence-corrected chi connectivity index (χ2v) is 8.34. The maximum atomic E-state index is 12.9. The first kappa shape index (κ1) is 23.9. The average Bonchev–Trinajstić information content (AvgIpc) is 2.89. The van der Waals surface area contributed by atoms with Crippen molar-refractivity contribution in [1.82, 2.24) is 20.2 Å². The largest absolute Gasteiger partial charge is 0.497 e. The van der Waals surface area contributed by atoms with Gasteiger partial charge in [-0.3, -0.25) is 14.4 Å². The van der Waals surface area contributed by atoms with Crippen molar-refractivity contribution in [1.29, 1.82) is 0 Å². The lowest BCUT2D eigenvalue weighted by Gasteiger charge is -2.32. The van der Waals surface area contributed by atoms with Gasteiger partial charge in [0.1, 0.15) is 5.75 Å². The van der Waals surface area contributed by atoms with E-state index in [2.05, 4.69) is 20.6 Å². The molecule has 4 rings (SSSR count). The summed E-state index contributed by atoms with van der Waals surface area (Å²) in [7, 11) is 1.55. The first-order valence-electron chi connectivity index (χ1n) is 11.4. The maximum Gasteiger partial charge on any atom is 0.273 e. The Morgan fingerprint density at radius 3 is 2.17 bits per heavy atom. The third kappa shape index (κ3) is 5.81. The van der Waals surface area contributed by atoms with Gasteiger partial charge in [0.25, 0.3) is 17.7 Å². The summed E-state index contributed by atoms with van der Waals surface area (Å²) in [5, 5.41) is 5.62. The predicted molar refractivity (Wildman–Crippen MR) is 131 cm³/mol. The molecular formula is C26H27N5O4. The van der Waals surface area contributed by atoms with E-state index in [-0.39, 0.29) is 23.5 Å². The number of rotatable bonds is 6. The number of piperidine rings is 1. The van der Waals surface area contributed by atoms with Crippen LogP contribution in [0.2, 0.25) is 0 Å². The Balaban J connectivity index is 1.35. The molecule has 9 heteroatoms. The third-order valence-corrected chi connectivity index (χ3v) is 5.91. The van der Waals surface area contributed by atoms with Crippen molar-refractivity contribution in [3.05, 3.63) is 83.3 Å². The first-order valence-corrected chi connectivity index (χ1v) is 11.4. The van der Waals surface area contributed by atoms with Crippen LogP contribution in [-0.4, -0.2) is 58.8 Å². The van der Waals surface area contributed by atoms with Crippen molar-refractivity contribution in [2.75, 3.05) is 25.5 Å². The maximum absolute atomic E-state index is 12.9. The minimum absolute atomic E-state index is 0.00719. The highest BCUT2D eigenvalue weighted by molar-refractivity contribution is 6.07. The number of carbonyl (C=O) groups is 3. The number of hydrogen-bond donors (Lipinski definition) is 2. The van der Waals surface area contributed by atoms with Crippen molar-refractivity contribution in [3.8, 4) is 5.75 Å². The van der Waals surface area contributed by atoms with E-state index >= 15 is 0 Å². The van der Waals surface area contributed by atoms with Gasteiger partial charge in [-0.25, -0.2) is 9.97 Å². The Labute approximate surface area is 203 Å². The van der Waals surface area contributed by atoms with Gasteiger partial charge < -0.3 is 20.3 Å². The van der Waals surface area contributed by atoms with Crippen LogP contribution >= 0.6 is 0 Å². The fraction of sp³-hybridized carbons (Fsp3) is 0.269. The van der Waals surface area contributed by atoms with E-state index in [1.54, 1.807) is 36.3 Å². The van der Waals surface area contributed by atoms with Gasteiger partial charge >= 0.3 is 0 Å². The van der Waals surface area contributed by atoms with Gasteiger partial charge in [-0.1, -0.05) is 17.7 Å². The topological polar surface area (TPSA) is 114 Å². The van der Waals surface area contributed by atoms with E-state index < -0.39 is 11.8 Å². The van der Waals surface area contributed by atoms with Crippen LogP contribution in [-0.2, 0) is 0 Å². The highest BCUT2D eigenvalue weighted by atomic mass is 16.5. The molecule has 0 radical (unpaired) electrons. The Bertz CT molecular complexity index is 1200. The van der Waals surface area contributed by atoms with Crippen LogP contribution in [0.15, 0.2) is 60.9 Å². The number of methoxy groups -OCH3 is 1. The molecule has 2 N–H and O–H groups in total. The summed E-state index contributed by atoms with van der Waals surface area (Å²) in [4.78, 5) is 48.4. The quantitative estimate of drug-likeness (QED) is 0.569. The zero-order valence-corrected chi connectivity index (χ0v) is 19.7. The molecule has 35 heavy (non-hydrogen) atoms. The number of ether oxygens (including phenoxy) is 1. The number of benzene rings is 2. The fourth-order valence-corrected chi connectivity index (χ4v) is 3.88. The molecule has 0 spiro atoms. The van der Waals surface area contributed by atoms with E-state index in [1.165, 1.54) is 12.4 Å². The molecule has 2 heterocycles. The van der Waals surface area contributed by atoms with Crippen LogP contribution in [0.5, 0.6) is 5.75 Å². The Hall–Kier alpha value is -4.27. The molecule has 1 fully saturated rings. The lowest BCUT2D eigenvalue weighted by Crippen LogP contribution is -2.46. The Morgan fingerprint density at radius 2 is 1.51 bits per heavy atom. The molecular weight excluding hydrogens is 446 g/mol. The van der Waals surface area contributed by atoms with Crippen LogP contribution in [0.1, 0.15) is 49.6 Å². The molecule has 0 atom stereocenters. The molecule has 1 aliphatic rings. The van der Waals surface area contributed by atoms with Crippen LogP contribution in [0.4, 0.5) is 5.82 Å². The van der Waals surface area contributed by atoms with Crippen LogP contribution in [0.3, 0.4) is 0 Å². The lowest BCUT2D eigenvalue weighted by molar-refractivity contribution is 0.0697. The van der Waals surface area contributed by atoms with Gasteiger partial charge in [-0.2, -0.15) is 0 Å². The van der Waals surface area contributed by atoms with Gasteiger partial charge in [-0.15, -0.1) is 0 Å². The van der Waals surface area contributed by atoms with Gasteiger partial charge in [0.05, 0.1) is 7.11 Å². The van der Waals surface area contributed by atoms with Gasteiger partial charge in [0.2, 0.25) is 0 Å². The number of nitrogens with zero attached hydrogens (tertiary/aromatic N) is 3. The zero-order chi connectivity index (χ0) is 24.8. The van der Waals surface area contributed by atoms with Crippen molar-refractivity contribution in [2.45, 2.75) is 25.8 Å². The van der Waals surface area contributed by atoms with E-state index in [0.717, 1.165) is 5.56 Å². The van der Waals surface area contributed by atoms with Crippen LogP contribution in [0, 0.1) is 6.92 Å². The number of carbonyl (C=O) groups excluding carboxylic acids is 3. The summed E-state index contributed by atoms with van der Waals surface area (Å²) in [6.45, 7) is 3.06.